The molecule has 0 saturated heterocycles. The third-order valence-electron chi connectivity index (χ3n) is 3.75. The van der Waals surface area contributed by atoms with E-state index in [0.29, 0.717) is 25.4 Å². The molecule has 0 unspecified atom stereocenters. The van der Waals surface area contributed by atoms with E-state index in [1.54, 1.807) is 0 Å². The number of aliphatic carboxylic acids is 1. The summed E-state index contributed by atoms with van der Waals surface area (Å²) in [5, 5.41) is 11.7. The average Bonchev–Trinajstić information content (AvgIpc) is 3.17. The van der Waals surface area contributed by atoms with Crippen LogP contribution in [0.5, 0.6) is 0 Å². The first-order valence-electron chi connectivity index (χ1n) is 6.36. The quantitative estimate of drug-likeness (QED) is 0.634. The van der Waals surface area contributed by atoms with Crippen molar-refractivity contribution in [2.45, 2.75) is 38.6 Å². The second kappa shape index (κ2) is 4.64. The van der Waals surface area contributed by atoms with Gasteiger partial charge >= 0.3 is 5.97 Å². The molecule has 0 aliphatic heterocycles. The summed E-state index contributed by atoms with van der Waals surface area (Å²) >= 11 is 0. The fourth-order valence-electron chi connectivity index (χ4n) is 2.18. The van der Waals surface area contributed by atoms with Gasteiger partial charge in [0.25, 0.3) is 0 Å². The largest absolute Gasteiger partial charge is 0.480 e. The molecule has 2 fully saturated rings. The van der Waals surface area contributed by atoms with Crippen molar-refractivity contribution in [3.63, 3.8) is 0 Å². The summed E-state index contributed by atoms with van der Waals surface area (Å²) in [6.07, 6.45) is 3.46. The molecule has 0 bridgehead atoms. The SMILES string of the molecule is CCN(CCNC(=O)C1(C(=O)O)CC1)C1CC1. The average molecular weight is 240 g/mol. The summed E-state index contributed by atoms with van der Waals surface area (Å²) in [5.41, 5.74) is -1.10. The van der Waals surface area contributed by atoms with Crippen LogP contribution in [0, 0.1) is 5.41 Å². The van der Waals surface area contributed by atoms with Gasteiger partial charge in [0.05, 0.1) is 0 Å². The standard InChI is InChI=1S/C12H20N2O3/c1-2-14(9-3-4-9)8-7-13-10(15)12(5-6-12)11(16)17/h9H,2-8H2,1H3,(H,13,15)(H,16,17). The van der Waals surface area contributed by atoms with Crippen molar-refractivity contribution in [3.8, 4) is 0 Å². The van der Waals surface area contributed by atoms with Crippen LogP contribution in [0.1, 0.15) is 32.6 Å². The molecule has 2 aliphatic rings. The third kappa shape index (κ3) is 2.60. The van der Waals surface area contributed by atoms with Gasteiger partial charge in [0.15, 0.2) is 0 Å². The normalized spacial score (nSPS) is 21.3. The molecule has 0 aromatic rings. The van der Waals surface area contributed by atoms with Crippen LogP contribution in [0.4, 0.5) is 0 Å². The van der Waals surface area contributed by atoms with Crippen LogP contribution in [0.25, 0.3) is 0 Å². The maximum Gasteiger partial charge on any atom is 0.319 e. The zero-order valence-corrected chi connectivity index (χ0v) is 10.2. The van der Waals surface area contributed by atoms with Gasteiger partial charge in [-0.15, -0.1) is 0 Å². The van der Waals surface area contributed by atoms with E-state index in [1.165, 1.54) is 12.8 Å². The minimum Gasteiger partial charge on any atom is -0.480 e. The second-order valence-electron chi connectivity index (χ2n) is 5.00. The van der Waals surface area contributed by atoms with Gasteiger partial charge in [-0.25, -0.2) is 0 Å². The molecule has 2 aliphatic carbocycles. The fraction of sp³-hybridized carbons (Fsp3) is 0.833. The third-order valence-corrected chi connectivity index (χ3v) is 3.75. The van der Waals surface area contributed by atoms with Crippen LogP contribution < -0.4 is 5.32 Å². The first kappa shape index (κ1) is 12.4. The van der Waals surface area contributed by atoms with Crippen LogP contribution in [0.3, 0.4) is 0 Å². The molecule has 17 heavy (non-hydrogen) atoms. The topological polar surface area (TPSA) is 69.6 Å². The van der Waals surface area contributed by atoms with E-state index in [9.17, 15) is 9.59 Å². The van der Waals surface area contributed by atoms with Gasteiger partial charge in [0.1, 0.15) is 5.41 Å². The molecule has 96 valence electrons. The molecular formula is C12H20N2O3. The Morgan fingerprint density at radius 1 is 1.41 bits per heavy atom. The van der Waals surface area contributed by atoms with Crippen molar-refractivity contribution in [2.24, 2.45) is 5.41 Å². The van der Waals surface area contributed by atoms with E-state index in [2.05, 4.69) is 17.1 Å². The monoisotopic (exact) mass is 240 g/mol. The molecule has 0 aromatic carbocycles. The number of rotatable bonds is 7. The Kier molecular flexibility index (Phi) is 3.38. The van der Waals surface area contributed by atoms with Crippen LogP contribution in [-0.4, -0.2) is 47.6 Å². The number of carboxylic acids is 1. The number of likely N-dealkylation sites (N-methyl/N-ethyl adjacent to an activating group) is 1. The van der Waals surface area contributed by atoms with Crippen molar-refractivity contribution in [1.29, 1.82) is 0 Å². The Labute approximate surface area is 101 Å². The predicted molar refractivity (Wildman–Crippen MR) is 62.6 cm³/mol. The highest BCUT2D eigenvalue weighted by Crippen LogP contribution is 2.46. The van der Waals surface area contributed by atoms with Crippen LogP contribution in [0.2, 0.25) is 0 Å². The van der Waals surface area contributed by atoms with Gasteiger partial charge in [-0.1, -0.05) is 6.92 Å². The van der Waals surface area contributed by atoms with E-state index in [1.807, 2.05) is 0 Å². The predicted octanol–water partition coefficient (Wildman–Crippen LogP) is 0.452. The number of nitrogens with one attached hydrogen (secondary N) is 1. The number of hydrogen-bond donors (Lipinski definition) is 2. The molecule has 2 N–H and O–H groups in total. The Morgan fingerprint density at radius 3 is 2.47 bits per heavy atom. The maximum atomic E-state index is 11.7. The highest BCUT2D eigenvalue weighted by atomic mass is 16.4. The summed E-state index contributed by atoms with van der Waals surface area (Å²) in [5.74, 6) is -1.29. The second-order valence-corrected chi connectivity index (χ2v) is 5.00. The highest BCUT2D eigenvalue weighted by Gasteiger charge is 2.56. The van der Waals surface area contributed by atoms with Crippen molar-refractivity contribution < 1.29 is 14.7 Å². The van der Waals surface area contributed by atoms with E-state index < -0.39 is 11.4 Å². The molecule has 0 atom stereocenters. The maximum absolute atomic E-state index is 11.7. The van der Waals surface area contributed by atoms with Crippen LogP contribution in [0.15, 0.2) is 0 Å². The van der Waals surface area contributed by atoms with Crippen LogP contribution >= 0.6 is 0 Å². The molecule has 2 rings (SSSR count). The van der Waals surface area contributed by atoms with E-state index >= 15 is 0 Å². The van der Waals surface area contributed by atoms with Crippen molar-refractivity contribution in [2.75, 3.05) is 19.6 Å². The van der Waals surface area contributed by atoms with Gasteiger partial charge in [0.2, 0.25) is 5.91 Å². The van der Waals surface area contributed by atoms with Gasteiger partial charge in [-0.2, -0.15) is 0 Å². The van der Waals surface area contributed by atoms with Crippen molar-refractivity contribution in [1.82, 2.24) is 10.2 Å². The van der Waals surface area contributed by atoms with Crippen LogP contribution in [-0.2, 0) is 9.59 Å². The number of carboxylic acid groups (broad SMARTS) is 1. The first-order chi connectivity index (χ1) is 8.10. The Balaban J connectivity index is 1.71. The van der Waals surface area contributed by atoms with Gasteiger partial charge in [-0.3, -0.25) is 14.5 Å². The van der Waals surface area contributed by atoms with Gasteiger partial charge < -0.3 is 10.4 Å². The lowest BCUT2D eigenvalue weighted by molar-refractivity contribution is -0.149. The minimum absolute atomic E-state index is 0.308. The molecule has 0 aromatic heterocycles. The zero-order chi connectivity index (χ0) is 12.5. The highest BCUT2D eigenvalue weighted by molar-refractivity contribution is 6.04. The van der Waals surface area contributed by atoms with Crippen molar-refractivity contribution >= 4 is 11.9 Å². The molecule has 5 nitrogen and oxygen atoms in total. The number of amides is 1. The summed E-state index contributed by atoms with van der Waals surface area (Å²) < 4.78 is 0. The molecule has 0 heterocycles. The minimum atomic E-state index is -1.10. The Morgan fingerprint density at radius 2 is 2.06 bits per heavy atom. The molecule has 1 amide bonds. The lowest BCUT2D eigenvalue weighted by atomic mass is 10.1. The van der Waals surface area contributed by atoms with Crippen molar-refractivity contribution in [3.05, 3.63) is 0 Å². The summed E-state index contributed by atoms with van der Waals surface area (Å²) in [4.78, 5) is 25.0. The molecular weight excluding hydrogens is 220 g/mol. The smallest absolute Gasteiger partial charge is 0.319 e. The summed E-state index contributed by atoms with van der Waals surface area (Å²) in [7, 11) is 0. The van der Waals surface area contributed by atoms with E-state index in [-0.39, 0.29) is 5.91 Å². The molecule has 0 radical (unpaired) electrons. The van der Waals surface area contributed by atoms with Gasteiger partial charge in [0, 0.05) is 19.1 Å². The number of hydrogen-bond acceptors (Lipinski definition) is 3. The lowest BCUT2D eigenvalue weighted by Gasteiger charge is -2.20. The van der Waals surface area contributed by atoms with Gasteiger partial charge in [-0.05, 0) is 32.2 Å². The fourth-order valence-corrected chi connectivity index (χ4v) is 2.18. The molecule has 0 spiro atoms. The zero-order valence-electron chi connectivity index (χ0n) is 10.2. The number of nitrogens with zero attached hydrogens (tertiary/aromatic N) is 1. The molecule has 2 saturated carbocycles. The summed E-state index contributed by atoms with van der Waals surface area (Å²) in [6.45, 7) is 4.48. The first-order valence-corrected chi connectivity index (χ1v) is 6.36. The lowest BCUT2D eigenvalue weighted by Crippen LogP contribution is -2.41. The Hall–Kier alpha value is -1.10. The van der Waals surface area contributed by atoms with E-state index in [0.717, 1.165) is 13.1 Å². The molecule has 5 heteroatoms. The van der Waals surface area contributed by atoms with E-state index in [4.69, 9.17) is 5.11 Å². The number of carbonyl (C=O) groups excluding carboxylic acids is 1. The summed E-state index contributed by atoms with van der Waals surface area (Å²) in [6, 6.07) is 0.686. The Bertz CT molecular complexity index is 322. The number of carbonyl (C=O) groups is 2.